The van der Waals surface area contributed by atoms with Crippen LogP contribution in [0, 0.1) is 12.3 Å². The van der Waals surface area contributed by atoms with Crippen molar-refractivity contribution in [2.75, 3.05) is 0 Å². The maximum absolute atomic E-state index is 6.29. The molecule has 1 atom stereocenters. The van der Waals surface area contributed by atoms with Crippen molar-refractivity contribution in [3.8, 4) is 23.5 Å². The predicted octanol–water partition coefficient (Wildman–Crippen LogP) is 10.1. The van der Waals surface area contributed by atoms with Crippen LogP contribution in [0.2, 0.25) is 0 Å². The lowest BCUT2D eigenvalue weighted by Gasteiger charge is -2.13. The molecule has 1 aliphatic heterocycles. The summed E-state index contributed by atoms with van der Waals surface area (Å²) in [5.41, 5.74) is 9.93. The lowest BCUT2D eigenvalue weighted by molar-refractivity contribution is 0.594. The molecule has 8 aromatic rings. The Kier molecular flexibility index (Phi) is 5.97. The highest BCUT2D eigenvalue weighted by atomic mass is 16.3. The Morgan fingerprint density at radius 1 is 0.609 bits per heavy atom. The number of para-hydroxylation sites is 1. The van der Waals surface area contributed by atoms with Gasteiger partial charge in [-0.05, 0) is 81.9 Å². The molecule has 0 aliphatic carbocycles. The topological polar surface area (TPSA) is 50.3 Å². The Morgan fingerprint density at radius 2 is 1.28 bits per heavy atom. The van der Waals surface area contributed by atoms with Crippen molar-refractivity contribution in [1.82, 2.24) is 10.6 Å². The van der Waals surface area contributed by atoms with Crippen molar-refractivity contribution in [1.29, 1.82) is 0 Å². The Hall–Kier alpha value is -6.18. The van der Waals surface area contributed by atoms with Gasteiger partial charge < -0.3 is 19.5 Å². The minimum Gasteiger partial charge on any atom is -0.456 e. The van der Waals surface area contributed by atoms with Gasteiger partial charge in [0.15, 0.2) is 0 Å². The fourth-order valence-corrected chi connectivity index (χ4v) is 6.64. The monoisotopic (exact) mass is 592 g/mol. The predicted molar refractivity (Wildman–Crippen MR) is 188 cm³/mol. The standard InChI is InChI=1S/C42H28N2O2/c1-2-36-37(44-42(43-36)27-10-4-3-5-11-27)13-8-9-26-15-16-29-22-30(18-17-28(29)21-26)31-19-20-39-33(23-31)35-25-40-34(24-41(35)46-39)32-12-6-7-14-38(32)45-40/h1,3-8,10-25,42-44H,9H2/b13-8-. The number of hydrogen-bond acceptors (Lipinski definition) is 4. The molecule has 2 N–H and O–H groups in total. The van der Waals surface area contributed by atoms with Gasteiger partial charge in [0.25, 0.3) is 0 Å². The minimum atomic E-state index is -0.0257. The smallest absolute Gasteiger partial charge is 0.136 e. The Balaban J connectivity index is 0.974. The van der Waals surface area contributed by atoms with E-state index in [4.69, 9.17) is 15.3 Å². The van der Waals surface area contributed by atoms with Crippen LogP contribution in [0.3, 0.4) is 0 Å². The van der Waals surface area contributed by atoms with Gasteiger partial charge in [-0.1, -0.05) is 96.9 Å². The number of hydrogen-bond donors (Lipinski definition) is 2. The van der Waals surface area contributed by atoms with E-state index in [0.717, 1.165) is 72.8 Å². The average molecular weight is 593 g/mol. The number of terminal acetylenes is 1. The molecular formula is C42H28N2O2. The Bertz CT molecular complexity index is 2580. The van der Waals surface area contributed by atoms with Crippen molar-refractivity contribution >= 4 is 54.6 Å². The van der Waals surface area contributed by atoms with Crippen LogP contribution in [-0.4, -0.2) is 0 Å². The average Bonchev–Trinajstić information content (AvgIpc) is 3.80. The van der Waals surface area contributed by atoms with Gasteiger partial charge in [0.1, 0.15) is 34.2 Å². The molecule has 3 heterocycles. The Labute approximate surface area is 265 Å². The van der Waals surface area contributed by atoms with Gasteiger partial charge >= 0.3 is 0 Å². The van der Waals surface area contributed by atoms with Crippen LogP contribution in [0.1, 0.15) is 17.3 Å². The van der Waals surface area contributed by atoms with Gasteiger partial charge in [0.05, 0.1) is 5.70 Å². The molecule has 218 valence electrons. The first-order valence-electron chi connectivity index (χ1n) is 15.5. The van der Waals surface area contributed by atoms with Crippen LogP contribution in [0.5, 0.6) is 0 Å². The molecule has 0 bridgehead atoms. The zero-order valence-corrected chi connectivity index (χ0v) is 24.9. The summed E-state index contributed by atoms with van der Waals surface area (Å²) in [4.78, 5) is 0. The summed E-state index contributed by atoms with van der Waals surface area (Å²) in [6.07, 6.45) is 10.8. The fourth-order valence-electron chi connectivity index (χ4n) is 6.64. The molecule has 0 spiro atoms. The Morgan fingerprint density at radius 3 is 2.13 bits per heavy atom. The highest BCUT2D eigenvalue weighted by Gasteiger charge is 2.21. The van der Waals surface area contributed by atoms with Crippen molar-refractivity contribution in [2.45, 2.75) is 12.6 Å². The lowest BCUT2D eigenvalue weighted by atomic mass is 9.98. The molecule has 6 aromatic carbocycles. The number of nitrogens with one attached hydrogen (secondary N) is 2. The molecule has 46 heavy (non-hydrogen) atoms. The van der Waals surface area contributed by atoms with Crippen LogP contribution < -0.4 is 10.6 Å². The third-order valence-electron chi connectivity index (χ3n) is 8.98. The third kappa shape index (κ3) is 4.41. The van der Waals surface area contributed by atoms with Crippen LogP contribution in [0.4, 0.5) is 0 Å². The van der Waals surface area contributed by atoms with Crippen LogP contribution >= 0.6 is 0 Å². The van der Waals surface area contributed by atoms with E-state index in [2.05, 4.69) is 114 Å². The number of allylic oxidation sites excluding steroid dienone is 3. The molecule has 4 heteroatoms. The summed E-state index contributed by atoms with van der Waals surface area (Å²) in [5, 5.41) is 13.6. The molecule has 1 aliphatic rings. The number of benzene rings is 6. The van der Waals surface area contributed by atoms with Crippen molar-refractivity contribution in [3.63, 3.8) is 0 Å². The van der Waals surface area contributed by atoms with Crippen LogP contribution in [0.25, 0.3) is 65.8 Å². The highest BCUT2D eigenvalue weighted by Crippen LogP contribution is 2.38. The molecule has 0 saturated heterocycles. The van der Waals surface area contributed by atoms with E-state index in [-0.39, 0.29) is 6.17 Å². The van der Waals surface area contributed by atoms with E-state index >= 15 is 0 Å². The van der Waals surface area contributed by atoms with Gasteiger partial charge in [-0.15, -0.1) is 6.42 Å². The fraction of sp³-hybridized carbons (Fsp3) is 0.0476. The molecular weight excluding hydrogens is 564 g/mol. The summed E-state index contributed by atoms with van der Waals surface area (Å²) in [5.74, 6) is 2.78. The second-order valence-corrected chi connectivity index (χ2v) is 11.8. The van der Waals surface area contributed by atoms with Crippen molar-refractivity contribution in [2.24, 2.45) is 0 Å². The zero-order valence-electron chi connectivity index (χ0n) is 24.9. The summed E-state index contributed by atoms with van der Waals surface area (Å²) in [6.45, 7) is 0. The number of fused-ring (bicyclic) bond motifs is 7. The first kappa shape index (κ1) is 26.2. The first-order chi connectivity index (χ1) is 22.7. The molecule has 2 aromatic heterocycles. The van der Waals surface area contributed by atoms with Gasteiger partial charge in [0, 0.05) is 21.5 Å². The molecule has 0 amide bonds. The van der Waals surface area contributed by atoms with Crippen LogP contribution in [-0.2, 0) is 6.42 Å². The van der Waals surface area contributed by atoms with E-state index in [1.54, 1.807) is 0 Å². The molecule has 4 nitrogen and oxygen atoms in total. The van der Waals surface area contributed by atoms with Crippen LogP contribution in [0.15, 0.2) is 154 Å². The molecule has 0 fully saturated rings. The third-order valence-corrected chi connectivity index (χ3v) is 8.98. The summed E-state index contributed by atoms with van der Waals surface area (Å²) < 4.78 is 12.5. The summed E-state index contributed by atoms with van der Waals surface area (Å²) >= 11 is 0. The highest BCUT2D eigenvalue weighted by molar-refractivity contribution is 6.15. The summed E-state index contributed by atoms with van der Waals surface area (Å²) in [7, 11) is 0. The van der Waals surface area contributed by atoms with E-state index in [1.807, 2.05) is 36.4 Å². The van der Waals surface area contributed by atoms with Gasteiger partial charge in [0.2, 0.25) is 0 Å². The maximum Gasteiger partial charge on any atom is 0.136 e. The summed E-state index contributed by atoms with van der Waals surface area (Å²) in [6, 6.07) is 42.4. The minimum absolute atomic E-state index is 0.0257. The second-order valence-electron chi connectivity index (χ2n) is 11.8. The van der Waals surface area contributed by atoms with E-state index in [9.17, 15) is 0 Å². The SMILES string of the molecule is C#CC1=C(/C=C\Cc2ccc3cc(-c4ccc5oc6cc7c(cc6c5c4)oc4ccccc47)ccc3c2)NC(c2ccccc2)N1. The van der Waals surface area contributed by atoms with E-state index in [0.29, 0.717) is 0 Å². The molecule has 9 rings (SSSR count). The normalized spacial score (nSPS) is 15.0. The van der Waals surface area contributed by atoms with E-state index < -0.39 is 0 Å². The number of rotatable bonds is 5. The molecule has 0 radical (unpaired) electrons. The van der Waals surface area contributed by atoms with Gasteiger partial charge in [-0.25, -0.2) is 0 Å². The lowest BCUT2D eigenvalue weighted by Crippen LogP contribution is -2.23. The van der Waals surface area contributed by atoms with Gasteiger partial charge in [-0.2, -0.15) is 0 Å². The second kappa shape index (κ2) is 10.5. The first-order valence-corrected chi connectivity index (χ1v) is 15.5. The molecule has 0 saturated carbocycles. The van der Waals surface area contributed by atoms with Crippen molar-refractivity contribution in [3.05, 3.63) is 156 Å². The van der Waals surface area contributed by atoms with E-state index in [1.165, 1.54) is 21.9 Å². The largest absolute Gasteiger partial charge is 0.456 e. The number of furan rings is 2. The maximum atomic E-state index is 6.29. The van der Waals surface area contributed by atoms with Gasteiger partial charge in [-0.3, -0.25) is 0 Å². The quantitative estimate of drug-likeness (QED) is 0.195. The molecule has 1 unspecified atom stereocenters. The van der Waals surface area contributed by atoms with Crippen molar-refractivity contribution < 1.29 is 8.83 Å². The zero-order chi connectivity index (χ0) is 30.6.